The summed E-state index contributed by atoms with van der Waals surface area (Å²) in [6.45, 7) is 1.80. The van der Waals surface area contributed by atoms with Gasteiger partial charge in [0.1, 0.15) is 0 Å². The van der Waals surface area contributed by atoms with E-state index in [-0.39, 0.29) is 16.7 Å². The number of aromatic nitrogens is 2. The van der Waals surface area contributed by atoms with E-state index in [2.05, 4.69) is 10.3 Å². The van der Waals surface area contributed by atoms with Gasteiger partial charge in [-0.15, -0.1) is 0 Å². The molecule has 1 heterocycles. The molecule has 122 valence electrons. The van der Waals surface area contributed by atoms with Crippen molar-refractivity contribution in [2.24, 2.45) is 7.05 Å². The number of carbonyl (C=O) groups is 1. The first kappa shape index (κ1) is 16.3. The third-order valence-corrected chi connectivity index (χ3v) is 4.78. The van der Waals surface area contributed by atoms with Gasteiger partial charge in [-0.2, -0.15) is 0 Å². The van der Waals surface area contributed by atoms with Crippen LogP contribution in [-0.2, 0) is 11.8 Å². The summed E-state index contributed by atoms with van der Waals surface area (Å²) in [5.41, 5.74) is 1.27. The summed E-state index contributed by atoms with van der Waals surface area (Å²) >= 11 is 1.27. The van der Waals surface area contributed by atoms with Gasteiger partial charge in [-0.25, -0.2) is 4.98 Å². The van der Waals surface area contributed by atoms with Gasteiger partial charge in [0, 0.05) is 12.7 Å². The average molecular weight is 339 g/mol. The highest BCUT2D eigenvalue weighted by Crippen LogP contribution is 2.22. The second kappa shape index (κ2) is 6.88. The molecule has 5 nitrogen and oxygen atoms in total. The number of nitrogens with one attached hydrogen (secondary N) is 1. The third kappa shape index (κ3) is 3.33. The maximum absolute atomic E-state index is 12.4. The first-order valence-electron chi connectivity index (χ1n) is 7.54. The number of hydrogen-bond donors (Lipinski definition) is 1. The molecule has 3 aromatic rings. The van der Waals surface area contributed by atoms with Crippen molar-refractivity contribution in [3.05, 3.63) is 65.0 Å². The van der Waals surface area contributed by atoms with E-state index in [4.69, 9.17) is 0 Å². The second-order valence-corrected chi connectivity index (χ2v) is 6.70. The first-order valence-corrected chi connectivity index (χ1v) is 8.42. The fourth-order valence-corrected chi connectivity index (χ4v) is 3.15. The van der Waals surface area contributed by atoms with Crippen molar-refractivity contribution in [2.75, 3.05) is 5.32 Å². The first-order chi connectivity index (χ1) is 11.6. The van der Waals surface area contributed by atoms with Crippen LogP contribution >= 0.6 is 11.8 Å². The quantitative estimate of drug-likeness (QED) is 0.586. The number of fused-ring (bicyclic) bond motifs is 1. The SMILES string of the molecule is CC(Sc1nc2ccccc2c(=O)n1C)C(=O)Nc1ccccc1. The Hall–Kier alpha value is -2.60. The van der Waals surface area contributed by atoms with Crippen molar-refractivity contribution in [1.29, 1.82) is 0 Å². The zero-order valence-corrected chi connectivity index (χ0v) is 14.2. The number of nitrogens with zero attached hydrogens (tertiary/aromatic N) is 2. The van der Waals surface area contributed by atoms with Crippen molar-refractivity contribution in [2.45, 2.75) is 17.3 Å². The molecule has 1 amide bonds. The highest BCUT2D eigenvalue weighted by Gasteiger charge is 2.18. The van der Waals surface area contributed by atoms with Gasteiger partial charge in [0.25, 0.3) is 5.56 Å². The normalized spacial score (nSPS) is 12.1. The zero-order valence-electron chi connectivity index (χ0n) is 13.4. The summed E-state index contributed by atoms with van der Waals surface area (Å²) in [6.07, 6.45) is 0. The molecule has 0 spiro atoms. The van der Waals surface area contributed by atoms with Crippen LogP contribution in [0.1, 0.15) is 6.92 Å². The molecular weight excluding hydrogens is 322 g/mol. The van der Waals surface area contributed by atoms with Crippen LogP contribution in [-0.4, -0.2) is 20.7 Å². The zero-order chi connectivity index (χ0) is 17.1. The lowest BCUT2D eigenvalue weighted by molar-refractivity contribution is -0.115. The lowest BCUT2D eigenvalue weighted by atomic mass is 10.2. The van der Waals surface area contributed by atoms with Gasteiger partial charge in [-0.3, -0.25) is 14.2 Å². The Morgan fingerprint density at radius 2 is 1.79 bits per heavy atom. The summed E-state index contributed by atoms with van der Waals surface area (Å²) in [4.78, 5) is 29.2. The van der Waals surface area contributed by atoms with Crippen LogP contribution in [0.4, 0.5) is 5.69 Å². The summed E-state index contributed by atoms with van der Waals surface area (Å²) in [5, 5.41) is 3.57. The monoisotopic (exact) mass is 339 g/mol. The van der Waals surface area contributed by atoms with Crippen molar-refractivity contribution in [3.63, 3.8) is 0 Å². The van der Waals surface area contributed by atoms with Crippen LogP contribution in [0, 0.1) is 0 Å². The Bertz CT molecular complexity index is 938. The summed E-state index contributed by atoms with van der Waals surface area (Å²) < 4.78 is 1.49. The molecule has 1 N–H and O–H groups in total. The van der Waals surface area contributed by atoms with E-state index in [1.807, 2.05) is 42.5 Å². The molecule has 0 aliphatic rings. The van der Waals surface area contributed by atoms with E-state index in [9.17, 15) is 9.59 Å². The molecule has 1 aromatic heterocycles. The van der Waals surface area contributed by atoms with Crippen LogP contribution in [0.5, 0.6) is 0 Å². The highest BCUT2D eigenvalue weighted by atomic mass is 32.2. The topological polar surface area (TPSA) is 64.0 Å². The Labute approximate surface area is 143 Å². The van der Waals surface area contributed by atoms with E-state index in [0.29, 0.717) is 16.1 Å². The van der Waals surface area contributed by atoms with Crippen LogP contribution in [0.15, 0.2) is 64.5 Å². The molecule has 3 rings (SSSR count). The molecule has 0 saturated carbocycles. The van der Waals surface area contributed by atoms with Crippen LogP contribution in [0.3, 0.4) is 0 Å². The minimum absolute atomic E-state index is 0.112. The Morgan fingerprint density at radius 3 is 2.54 bits per heavy atom. The van der Waals surface area contributed by atoms with Gasteiger partial charge in [-0.05, 0) is 31.2 Å². The van der Waals surface area contributed by atoms with Gasteiger partial charge in [0.2, 0.25) is 5.91 Å². The Kier molecular flexibility index (Phi) is 4.66. The molecule has 0 aliphatic carbocycles. The summed E-state index contributed by atoms with van der Waals surface area (Å²) in [6, 6.07) is 16.5. The molecule has 1 atom stereocenters. The molecule has 24 heavy (non-hydrogen) atoms. The van der Waals surface area contributed by atoms with Crippen molar-refractivity contribution in [1.82, 2.24) is 9.55 Å². The van der Waals surface area contributed by atoms with Gasteiger partial charge in [-0.1, -0.05) is 42.1 Å². The highest BCUT2D eigenvalue weighted by molar-refractivity contribution is 8.00. The summed E-state index contributed by atoms with van der Waals surface area (Å²) in [7, 11) is 1.67. The smallest absolute Gasteiger partial charge is 0.261 e. The minimum atomic E-state index is -0.385. The number of carbonyl (C=O) groups excluding carboxylic acids is 1. The third-order valence-electron chi connectivity index (χ3n) is 3.63. The van der Waals surface area contributed by atoms with E-state index in [0.717, 1.165) is 5.69 Å². The Balaban J connectivity index is 1.82. The fraction of sp³-hybridized carbons (Fsp3) is 0.167. The lowest BCUT2D eigenvalue weighted by Crippen LogP contribution is -2.25. The minimum Gasteiger partial charge on any atom is -0.325 e. The molecule has 0 aliphatic heterocycles. The van der Waals surface area contributed by atoms with Crippen molar-refractivity contribution >= 4 is 34.3 Å². The standard InChI is InChI=1S/C18H17N3O2S/c1-12(16(22)19-13-8-4-3-5-9-13)24-18-20-15-11-7-6-10-14(15)17(23)21(18)2/h3-12H,1-2H3,(H,19,22). The maximum atomic E-state index is 12.4. The maximum Gasteiger partial charge on any atom is 0.261 e. The molecular formula is C18H17N3O2S. The van der Waals surface area contributed by atoms with Gasteiger partial charge in [0.05, 0.1) is 16.2 Å². The molecule has 0 fully saturated rings. The number of rotatable bonds is 4. The fourth-order valence-electron chi connectivity index (χ4n) is 2.28. The number of benzene rings is 2. The predicted molar refractivity (Wildman–Crippen MR) is 97.4 cm³/mol. The lowest BCUT2D eigenvalue weighted by Gasteiger charge is -2.14. The van der Waals surface area contributed by atoms with E-state index < -0.39 is 0 Å². The average Bonchev–Trinajstić information content (AvgIpc) is 2.60. The van der Waals surface area contributed by atoms with Crippen LogP contribution < -0.4 is 10.9 Å². The van der Waals surface area contributed by atoms with Crippen LogP contribution in [0.2, 0.25) is 0 Å². The molecule has 6 heteroatoms. The van der Waals surface area contributed by atoms with Crippen LogP contribution in [0.25, 0.3) is 10.9 Å². The number of hydrogen-bond acceptors (Lipinski definition) is 4. The summed E-state index contributed by atoms with van der Waals surface area (Å²) in [5.74, 6) is -0.131. The number of amides is 1. The van der Waals surface area contributed by atoms with Crippen molar-refractivity contribution in [3.8, 4) is 0 Å². The second-order valence-electron chi connectivity index (χ2n) is 5.39. The largest absolute Gasteiger partial charge is 0.325 e. The van der Waals surface area contributed by atoms with Gasteiger partial charge in [0.15, 0.2) is 5.16 Å². The van der Waals surface area contributed by atoms with Gasteiger partial charge >= 0.3 is 0 Å². The van der Waals surface area contributed by atoms with Crippen molar-refractivity contribution < 1.29 is 4.79 Å². The number of anilines is 1. The van der Waals surface area contributed by atoms with E-state index >= 15 is 0 Å². The molecule has 1 unspecified atom stereocenters. The molecule has 2 aromatic carbocycles. The Morgan fingerprint density at radius 1 is 1.12 bits per heavy atom. The van der Waals surface area contributed by atoms with E-state index in [1.165, 1.54) is 16.3 Å². The number of para-hydroxylation sites is 2. The predicted octanol–water partition coefficient (Wildman–Crippen LogP) is 3.05. The van der Waals surface area contributed by atoms with Gasteiger partial charge < -0.3 is 5.32 Å². The molecule has 0 bridgehead atoms. The molecule has 0 saturated heterocycles. The number of thioether (sulfide) groups is 1. The molecule has 0 radical (unpaired) electrons. The van der Waals surface area contributed by atoms with E-state index in [1.54, 1.807) is 26.1 Å².